The third-order valence-corrected chi connectivity index (χ3v) is 2.25. The van der Waals surface area contributed by atoms with Crippen LogP contribution in [0.1, 0.15) is 12.0 Å². The molecule has 0 saturated carbocycles. The number of H-pyrrole nitrogens is 1. The molecule has 6 heteroatoms. The highest BCUT2D eigenvalue weighted by Crippen LogP contribution is 2.03. The van der Waals surface area contributed by atoms with Gasteiger partial charge in [0.15, 0.2) is 5.16 Å². The van der Waals surface area contributed by atoms with E-state index in [0.717, 1.165) is 0 Å². The maximum Gasteiger partial charge on any atom is 0.317 e. The standard InChI is InChI=1S/C10H10N2O3S/c1-15-8(13)5-3-4-7-6-11-10(16-2)12-9(7)14/h6H,5H2,1-2H3,(H,11,12,14). The number of hydrogen-bond donors (Lipinski definition) is 1. The first-order chi connectivity index (χ1) is 7.67. The summed E-state index contributed by atoms with van der Waals surface area (Å²) < 4.78 is 4.41. The molecule has 0 amide bonds. The van der Waals surface area contributed by atoms with Gasteiger partial charge in [0.05, 0.1) is 13.3 Å². The summed E-state index contributed by atoms with van der Waals surface area (Å²) in [7, 11) is 1.28. The predicted molar refractivity (Wildman–Crippen MR) is 60.1 cm³/mol. The third kappa shape index (κ3) is 3.44. The lowest BCUT2D eigenvalue weighted by molar-refractivity contribution is -0.139. The minimum absolute atomic E-state index is 0.0414. The van der Waals surface area contributed by atoms with Crippen molar-refractivity contribution in [2.45, 2.75) is 11.6 Å². The predicted octanol–water partition coefficient (Wildman–Crippen LogP) is 0.406. The number of aromatic nitrogens is 2. The Bertz CT molecular complexity index is 499. The van der Waals surface area contributed by atoms with Crippen molar-refractivity contribution in [3.8, 4) is 11.8 Å². The number of esters is 1. The molecule has 1 N–H and O–H groups in total. The Labute approximate surface area is 96.6 Å². The molecule has 0 aliphatic carbocycles. The Morgan fingerprint density at radius 2 is 2.44 bits per heavy atom. The summed E-state index contributed by atoms with van der Waals surface area (Å²) in [6, 6.07) is 0. The molecule has 16 heavy (non-hydrogen) atoms. The quantitative estimate of drug-likeness (QED) is 0.349. The van der Waals surface area contributed by atoms with Crippen molar-refractivity contribution in [3.05, 3.63) is 22.1 Å². The van der Waals surface area contributed by atoms with Crippen molar-refractivity contribution in [2.75, 3.05) is 13.4 Å². The number of carbonyl (C=O) groups excluding carboxylic acids is 1. The molecule has 0 fully saturated rings. The van der Waals surface area contributed by atoms with Crippen LogP contribution < -0.4 is 5.56 Å². The van der Waals surface area contributed by atoms with Gasteiger partial charge in [0, 0.05) is 0 Å². The van der Waals surface area contributed by atoms with Crippen molar-refractivity contribution >= 4 is 17.7 Å². The molecule has 1 heterocycles. The number of aromatic amines is 1. The molecule has 0 aliphatic heterocycles. The van der Waals surface area contributed by atoms with E-state index in [4.69, 9.17) is 0 Å². The van der Waals surface area contributed by atoms with Crippen LogP contribution in [0, 0.1) is 11.8 Å². The number of rotatable bonds is 2. The van der Waals surface area contributed by atoms with E-state index in [9.17, 15) is 9.59 Å². The average molecular weight is 238 g/mol. The van der Waals surface area contributed by atoms with Crippen molar-refractivity contribution in [1.82, 2.24) is 9.97 Å². The van der Waals surface area contributed by atoms with Gasteiger partial charge in [-0.15, -0.1) is 0 Å². The zero-order valence-corrected chi connectivity index (χ0v) is 9.68. The van der Waals surface area contributed by atoms with Gasteiger partial charge >= 0.3 is 5.97 Å². The van der Waals surface area contributed by atoms with Gasteiger partial charge in [-0.3, -0.25) is 9.59 Å². The molecule has 1 rings (SSSR count). The number of hydrogen-bond acceptors (Lipinski definition) is 5. The van der Waals surface area contributed by atoms with E-state index in [0.29, 0.717) is 5.16 Å². The highest BCUT2D eigenvalue weighted by Gasteiger charge is 1.99. The lowest BCUT2D eigenvalue weighted by atomic mass is 10.3. The van der Waals surface area contributed by atoms with Crippen LogP contribution in [-0.4, -0.2) is 29.3 Å². The number of nitrogens with one attached hydrogen (secondary N) is 1. The second-order valence-electron chi connectivity index (χ2n) is 2.69. The van der Waals surface area contributed by atoms with Gasteiger partial charge in [-0.25, -0.2) is 4.98 Å². The van der Waals surface area contributed by atoms with Crippen LogP contribution in [0.15, 0.2) is 16.1 Å². The number of carbonyl (C=O) groups is 1. The summed E-state index contributed by atoms with van der Waals surface area (Å²) in [4.78, 5) is 28.7. The molecule has 1 aromatic rings. The van der Waals surface area contributed by atoms with Gasteiger partial charge in [0.25, 0.3) is 5.56 Å². The van der Waals surface area contributed by atoms with Gasteiger partial charge in [-0.2, -0.15) is 0 Å². The first kappa shape index (κ1) is 12.3. The smallest absolute Gasteiger partial charge is 0.317 e. The van der Waals surface area contributed by atoms with Gasteiger partial charge in [0.1, 0.15) is 12.0 Å². The zero-order chi connectivity index (χ0) is 12.0. The second kappa shape index (κ2) is 5.98. The van der Waals surface area contributed by atoms with Crippen LogP contribution in [0.5, 0.6) is 0 Å². The Kier molecular flexibility index (Phi) is 4.61. The monoisotopic (exact) mass is 238 g/mol. The van der Waals surface area contributed by atoms with Gasteiger partial charge < -0.3 is 9.72 Å². The van der Waals surface area contributed by atoms with Gasteiger partial charge in [0.2, 0.25) is 0 Å². The molecule has 84 valence electrons. The van der Waals surface area contributed by atoms with Crippen molar-refractivity contribution in [1.29, 1.82) is 0 Å². The molecular weight excluding hydrogens is 228 g/mol. The SMILES string of the molecule is COC(=O)CC#Cc1cnc(SC)[nH]c1=O. The van der Waals surface area contributed by atoms with Crippen LogP contribution in [0.25, 0.3) is 0 Å². The Morgan fingerprint density at radius 3 is 3.00 bits per heavy atom. The second-order valence-corrected chi connectivity index (χ2v) is 3.48. The molecule has 0 bridgehead atoms. The minimum Gasteiger partial charge on any atom is -0.468 e. The van der Waals surface area contributed by atoms with E-state index in [1.54, 1.807) is 6.26 Å². The molecule has 0 spiro atoms. The van der Waals surface area contributed by atoms with E-state index in [-0.39, 0.29) is 17.5 Å². The van der Waals surface area contributed by atoms with Crippen LogP contribution >= 0.6 is 11.8 Å². The van der Waals surface area contributed by atoms with E-state index >= 15 is 0 Å². The summed E-state index contributed by atoms with van der Waals surface area (Å²) in [6.45, 7) is 0. The number of ether oxygens (including phenoxy) is 1. The summed E-state index contributed by atoms with van der Waals surface area (Å²) in [5.74, 6) is 4.67. The fourth-order valence-electron chi connectivity index (χ4n) is 0.855. The molecule has 0 unspecified atom stereocenters. The highest BCUT2D eigenvalue weighted by atomic mass is 32.2. The fourth-order valence-corrected chi connectivity index (χ4v) is 1.21. The van der Waals surface area contributed by atoms with Crippen molar-refractivity contribution in [2.24, 2.45) is 0 Å². The Balaban J connectivity index is 2.82. The van der Waals surface area contributed by atoms with E-state index < -0.39 is 5.97 Å². The number of thioether (sulfide) groups is 1. The van der Waals surface area contributed by atoms with Gasteiger partial charge in [-0.1, -0.05) is 23.6 Å². The molecular formula is C10H10N2O3S. The number of nitrogens with zero attached hydrogens (tertiary/aromatic N) is 1. The highest BCUT2D eigenvalue weighted by molar-refractivity contribution is 7.98. The van der Waals surface area contributed by atoms with E-state index in [1.807, 2.05) is 0 Å². The van der Waals surface area contributed by atoms with Gasteiger partial charge in [-0.05, 0) is 6.26 Å². The first-order valence-electron chi connectivity index (χ1n) is 4.36. The summed E-state index contributed by atoms with van der Waals surface area (Å²) >= 11 is 1.34. The lowest BCUT2D eigenvalue weighted by Gasteiger charge is -1.94. The largest absolute Gasteiger partial charge is 0.468 e. The van der Waals surface area contributed by atoms with Crippen LogP contribution in [0.2, 0.25) is 0 Å². The van der Waals surface area contributed by atoms with Crippen LogP contribution in [0.4, 0.5) is 0 Å². The molecule has 0 aliphatic rings. The lowest BCUT2D eigenvalue weighted by Crippen LogP contribution is -2.11. The molecule has 0 radical (unpaired) electrons. The Hall–Kier alpha value is -1.74. The van der Waals surface area contributed by atoms with E-state index in [2.05, 4.69) is 26.5 Å². The topological polar surface area (TPSA) is 72.0 Å². The maximum absolute atomic E-state index is 11.4. The molecule has 0 atom stereocenters. The zero-order valence-electron chi connectivity index (χ0n) is 8.86. The molecule has 1 aromatic heterocycles. The van der Waals surface area contributed by atoms with Crippen molar-refractivity contribution in [3.63, 3.8) is 0 Å². The van der Waals surface area contributed by atoms with Crippen LogP contribution in [0.3, 0.4) is 0 Å². The minimum atomic E-state index is -0.433. The molecule has 5 nitrogen and oxygen atoms in total. The molecule has 0 saturated heterocycles. The fraction of sp³-hybridized carbons (Fsp3) is 0.300. The van der Waals surface area contributed by atoms with Crippen molar-refractivity contribution < 1.29 is 9.53 Å². The number of methoxy groups -OCH3 is 1. The van der Waals surface area contributed by atoms with Crippen LogP contribution in [-0.2, 0) is 9.53 Å². The summed E-state index contributed by atoms with van der Waals surface area (Å²) in [5.41, 5.74) is -0.0709. The summed E-state index contributed by atoms with van der Waals surface area (Å²) in [6.07, 6.45) is 3.15. The maximum atomic E-state index is 11.4. The Morgan fingerprint density at radius 1 is 1.69 bits per heavy atom. The summed E-state index contributed by atoms with van der Waals surface area (Å²) in [5, 5.41) is 0.531. The molecule has 0 aromatic carbocycles. The van der Waals surface area contributed by atoms with E-state index in [1.165, 1.54) is 25.1 Å². The first-order valence-corrected chi connectivity index (χ1v) is 5.59. The average Bonchev–Trinajstić information content (AvgIpc) is 2.30. The third-order valence-electron chi connectivity index (χ3n) is 1.65. The normalized spacial score (nSPS) is 9.12.